The van der Waals surface area contributed by atoms with Crippen molar-refractivity contribution in [3.8, 4) is 11.5 Å². The first-order chi connectivity index (χ1) is 13.5. The predicted molar refractivity (Wildman–Crippen MR) is 114 cm³/mol. The van der Waals surface area contributed by atoms with Crippen molar-refractivity contribution in [3.63, 3.8) is 0 Å². The van der Waals surface area contributed by atoms with Crippen molar-refractivity contribution in [1.29, 1.82) is 0 Å². The first kappa shape index (κ1) is 22.1. The van der Waals surface area contributed by atoms with Gasteiger partial charge in [-0.3, -0.25) is 4.72 Å². The maximum absolute atomic E-state index is 12.7. The Morgan fingerprint density at radius 3 is 2.14 bits per heavy atom. The number of hydrogen-bond acceptors (Lipinski definition) is 4. The van der Waals surface area contributed by atoms with Crippen LogP contribution in [0.2, 0.25) is 0 Å². The molecule has 5 nitrogen and oxygen atoms in total. The van der Waals surface area contributed by atoms with E-state index in [0.29, 0.717) is 30.4 Å². The highest BCUT2D eigenvalue weighted by Gasteiger charge is 2.16. The molecule has 28 heavy (non-hydrogen) atoms. The fourth-order valence-electron chi connectivity index (χ4n) is 2.92. The predicted octanol–water partition coefficient (Wildman–Crippen LogP) is 5.41. The number of aryl methyl sites for hydroxylation is 1. The summed E-state index contributed by atoms with van der Waals surface area (Å²) < 4.78 is 39.1. The SMILES string of the molecule is CCCCCCc1ccc(S(=O)(=O)Nc2ccc(OCC)c(OCC)c2)cc1. The summed E-state index contributed by atoms with van der Waals surface area (Å²) in [6.07, 6.45) is 5.76. The fourth-order valence-corrected chi connectivity index (χ4v) is 3.97. The van der Waals surface area contributed by atoms with Gasteiger partial charge in [0.25, 0.3) is 10.0 Å². The molecule has 0 spiro atoms. The number of anilines is 1. The van der Waals surface area contributed by atoms with E-state index in [0.717, 1.165) is 18.4 Å². The quantitative estimate of drug-likeness (QED) is 0.480. The van der Waals surface area contributed by atoms with Crippen molar-refractivity contribution in [2.45, 2.75) is 57.8 Å². The lowest BCUT2D eigenvalue weighted by Gasteiger charge is -2.14. The van der Waals surface area contributed by atoms with Crippen LogP contribution in [-0.2, 0) is 16.4 Å². The highest BCUT2D eigenvalue weighted by Crippen LogP contribution is 2.31. The summed E-state index contributed by atoms with van der Waals surface area (Å²) in [6.45, 7) is 6.93. The van der Waals surface area contributed by atoms with Gasteiger partial charge in [-0.25, -0.2) is 8.42 Å². The lowest BCUT2D eigenvalue weighted by Crippen LogP contribution is -2.13. The molecule has 0 atom stereocenters. The standard InChI is InChI=1S/C22H31NO4S/c1-4-7-8-9-10-18-11-14-20(15-12-18)28(24,25)23-19-13-16-21(26-5-2)22(17-19)27-6-3/h11-17,23H,4-10H2,1-3H3. The Morgan fingerprint density at radius 2 is 1.50 bits per heavy atom. The summed E-state index contributed by atoms with van der Waals surface area (Å²) in [5.74, 6) is 1.12. The molecule has 0 aliphatic rings. The molecule has 0 fully saturated rings. The molecule has 2 aromatic rings. The van der Waals surface area contributed by atoms with Crippen molar-refractivity contribution in [3.05, 3.63) is 48.0 Å². The van der Waals surface area contributed by atoms with Gasteiger partial charge in [0, 0.05) is 6.07 Å². The number of sulfonamides is 1. The van der Waals surface area contributed by atoms with Gasteiger partial charge in [-0.2, -0.15) is 0 Å². The number of rotatable bonds is 12. The van der Waals surface area contributed by atoms with E-state index in [4.69, 9.17) is 9.47 Å². The van der Waals surface area contributed by atoms with Crippen molar-refractivity contribution in [1.82, 2.24) is 0 Å². The molecule has 0 saturated heterocycles. The van der Waals surface area contributed by atoms with Crippen LogP contribution in [0.5, 0.6) is 11.5 Å². The fraction of sp³-hybridized carbons (Fsp3) is 0.455. The van der Waals surface area contributed by atoms with Gasteiger partial charge in [0.15, 0.2) is 11.5 Å². The van der Waals surface area contributed by atoms with Gasteiger partial charge in [-0.1, -0.05) is 38.3 Å². The van der Waals surface area contributed by atoms with Crippen LogP contribution in [0.15, 0.2) is 47.4 Å². The Bertz CT molecular complexity index is 832. The van der Waals surface area contributed by atoms with Crippen LogP contribution in [0.4, 0.5) is 5.69 Å². The molecule has 2 aromatic carbocycles. The van der Waals surface area contributed by atoms with Gasteiger partial charge in [0.2, 0.25) is 0 Å². The van der Waals surface area contributed by atoms with E-state index in [1.54, 1.807) is 30.3 Å². The van der Waals surface area contributed by atoms with Crippen molar-refractivity contribution < 1.29 is 17.9 Å². The third-order valence-electron chi connectivity index (χ3n) is 4.35. The summed E-state index contributed by atoms with van der Waals surface area (Å²) in [7, 11) is -3.66. The number of unbranched alkanes of at least 4 members (excludes halogenated alkanes) is 3. The van der Waals surface area contributed by atoms with Gasteiger partial charge in [-0.15, -0.1) is 0 Å². The van der Waals surface area contributed by atoms with Crippen LogP contribution >= 0.6 is 0 Å². The highest BCUT2D eigenvalue weighted by atomic mass is 32.2. The molecule has 6 heteroatoms. The maximum atomic E-state index is 12.7. The minimum absolute atomic E-state index is 0.247. The minimum Gasteiger partial charge on any atom is -0.490 e. The second kappa shape index (κ2) is 11.0. The molecule has 2 rings (SSSR count). The zero-order valence-electron chi connectivity index (χ0n) is 17.0. The third-order valence-corrected chi connectivity index (χ3v) is 5.75. The zero-order chi connectivity index (χ0) is 20.4. The van der Waals surface area contributed by atoms with Gasteiger partial charge in [-0.05, 0) is 56.5 Å². The molecule has 0 bridgehead atoms. The lowest BCUT2D eigenvalue weighted by atomic mass is 10.1. The molecule has 0 radical (unpaired) electrons. The normalized spacial score (nSPS) is 11.2. The monoisotopic (exact) mass is 405 g/mol. The Labute approximate surface area is 169 Å². The molecular weight excluding hydrogens is 374 g/mol. The lowest BCUT2D eigenvalue weighted by molar-refractivity contribution is 0.288. The highest BCUT2D eigenvalue weighted by molar-refractivity contribution is 7.92. The van der Waals surface area contributed by atoms with Gasteiger partial charge in [0.05, 0.1) is 23.8 Å². The Kier molecular flexibility index (Phi) is 8.64. The van der Waals surface area contributed by atoms with Crippen LogP contribution in [0.3, 0.4) is 0 Å². The second-order valence-corrected chi connectivity index (χ2v) is 8.27. The summed E-state index contributed by atoms with van der Waals surface area (Å²) in [6, 6.07) is 12.1. The first-order valence-corrected chi connectivity index (χ1v) is 11.5. The topological polar surface area (TPSA) is 64.6 Å². The van der Waals surface area contributed by atoms with E-state index in [-0.39, 0.29) is 4.90 Å². The van der Waals surface area contributed by atoms with E-state index in [1.165, 1.54) is 19.3 Å². The van der Waals surface area contributed by atoms with Gasteiger partial charge in [0.1, 0.15) is 0 Å². The van der Waals surface area contributed by atoms with Gasteiger partial charge < -0.3 is 9.47 Å². The molecule has 154 valence electrons. The number of nitrogens with one attached hydrogen (secondary N) is 1. The van der Waals surface area contributed by atoms with E-state index in [9.17, 15) is 8.42 Å². The first-order valence-electron chi connectivity index (χ1n) is 10.0. The van der Waals surface area contributed by atoms with E-state index in [1.807, 2.05) is 26.0 Å². The zero-order valence-corrected chi connectivity index (χ0v) is 17.8. The Morgan fingerprint density at radius 1 is 0.821 bits per heavy atom. The van der Waals surface area contributed by atoms with E-state index < -0.39 is 10.0 Å². The Hall–Kier alpha value is -2.21. The van der Waals surface area contributed by atoms with Crippen LogP contribution in [-0.4, -0.2) is 21.6 Å². The third kappa shape index (κ3) is 6.44. The molecule has 0 unspecified atom stereocenters. The molecule has 0 saturated carbocycles. The number of benzene rings is 2. The van der Waals surface area contributed by atoms with E-state index >= 15 is 0 Å². The van der Waals surface area contributed by atoms with E-state index in [2.05, 4.69) is 11.6 Å². The molecule has 0 aliphatic carbocycles. The van der Waals surface area contributed by atoms with Crippen molar-refractivity contribution >= 4 is 15.7 Å². The Balaban J connectivity index is 2.09. The maximum Gasteiger partial charge on any atom is 0.261 e. The van der Waals surface area contributed by atoms with Crippen molar-refractivity contribution in [2.24, 2.45) is 0 Å². The molecule has 0 heterocycles. The second-order valence-electron chi connectivity index (χ2n) is 6.59. The largest absolute Gasteiger partial charge is 0.490 e. The average molecular weight is 406 g/mol. The number of hydrogen-bond donors (Lipinski definition) is 1. The summed E-state index contributed by atoms with van der Waals surface area (Å²) in [5, 5.41) is 0. The average Bonchev–Trinajstić information content (AvgIpc) is 2.68. The van der Waals surface area contributed by atoms with Crippen LogP contribution < -0.4 is 14.2 Å². The molecule has 0 aliphatic heterocycles. The molecular formula is C22H31NO4S. The molecule has 0 amide bonds. The molecule has 0 aromatic heterocycles. The molecule has 1 N–H and O–H groups in total. The smallest absolute Gasteiger partial charge is 0.261 e. The van der Waals surface area contributed by atoms with Gasteiger partial charge >= 0.3 is 0 Å². The van der Waals surface area contributed by atoms with Crippen LogP contribution in [0.25, 0.3) is 0 Å². The minimum atomic E-state index is -3.66. The summed E-state index contributed by atoms with van der Waals surface area (Å²) >= 11 is 0. The van der Waals surface area contributed by atoms with Crippen LogP contribution in [0.1, 0.15) is 52.0 Å². The summed E-state index contributed by atoms with van der Waals surface area (Å²) in [4.78, 5) is 0.247. The van der Waals surface area contributed by atoms with Crippen LogP contribution in [0, 0.1) is 0 Å². The number of ether oxygens (including phenoxy) is 2. The van der Waals surface area contributed by atoms with Crippen molar-refractivity contribution in [2.75, 3.05) is 17.9 Å². The summed E-state index contributed by atoms with van der Waals surface area (Å²) in [5.41, 5.74) is 1.60.